The smallest absolute Gasteiger partial charge is 0.254 e. The molecule has 1 aliphatic rings. The van der Waals surface area contributed by atoms with E-state index in [-0.39, 0.29) is 37.2 Å². The molecule has 4 rings (SSSR count). The lowest BCUT2D eigenvalue weighted by atomic mass is 9.98. The summed E-state index contributed by atoms with van der Waals surface area (Å²) >= 11 is 0. The van der Waals surface area contributed by atoms with E-state index in [2.05, 4.69) is 10.6 Å². The Bertz CT molecular complexity index is 1390. The van der Waals surface area contributed by atoms with Gasteiger partial charge in [-0.15, -0.1) is 0 Å². The Kier molecular flexibility index (Phi) is 9.57. The second-order valence-electron chi connectivity index (χ2n) is 10.1. The molecule has 0 unspecified atom stereocenters. The third-order valence-electron chi connectivity index (χ3n) is 7.24. The third kappa shape index (κ3) is 7.20. The van der Waals surface area contributed by atoms with Gasteiger partial charge in [0.25, 0.3) is 11.8 Å². The van der Waals surface area contributed by atoms with E-state index in [1.807, 2.05) is 6.07 Å². The van der Waals surface area contributed by atoms with Crippen molar-refractivity contribution < 1.29 is 33.7 Å². The fourth-order valence-corrected chi connectivity index (χ4v) is 4.93. The number of aromatic hydroxyl groups is 1. The van der Waals surface area contributed by atoms with Gasteiger partial charge in [0.1, 0.15) is 23.7 Å². The van der Waals surface area contributed by atoms with Crippen LogP contribution >= 0.6 is 0 Å². The van der Waals surface area contributed by atoms with Crippen molar-refractivity contribution in [2.24, 2.45) is 0 Å². The number of nitrogens with one attached hydrogen (secondary N) is 2. The number of rotatable bonds is 10. The molecule has 3 aromatic rings. The molecule has 4 atom stereocenters. The molecule has 0 spiro atoms. The minimum Gasteiger partial charge on any atom is -0.508 e. The monoisotopic (exact) mass is 563 g/mol. The number of halogens is 1. The molecular weight excluding hydrogens is 529 g/mol. The summed E-state index contributed by atoms with van der Waals surface area (Å²) in [7, 11) is 1.53. The van der Waals surface area contributed by atoms with Crippen molar-refractivity contribution in [1.29, 1.82) is 0 Å². The maximum Gasteiger partial charge on any atom is 0.254 e. The van der Waals surface area contributed by atoms with Crippen molar-refractivity contribution in [2.75, 3.05) is 13.7 Å². The summed E-state index contributed by atoms with van der Waals surface area (Å²) in [6, 6.07) is 18.3. The molecule has 3 amide bonds. The van der Waals surface area contributed by atoms with Gasteiger partial charge in [0.2, 0.25) is 5.91 Å². The molecule has 0 aromatic heterocycles. The summed E-state index contributed by atoms with van der Waals surface area (Å²) in [5.41, 5.74) is 2.03. The summed E-state index contributed by atoms with van der Waals surface area (Å²) in [5, 5.41) is 26.7. The topological polar surface area (TPSA) is 128 Å². The first-order valence-electron chi connectivity index (χ1n) is 13.3. The van der Waals surface area contributed by atoms with Gasteiger partial charge in [0.05, 0.1) is 19.7 Å². The molecule has 3 aromatic carbocycles. The third-order valence-corrected chi connectivity index (χ3v) is 7.24. The van der Waals surface area contributed by atoms with Gasteiger partial charge in [-0.25, -0.2) is 4.39 Å². The van der Waals surface area contributed by atoms with Crippen LogP contribution in [0.15, 0.2) is 72.8 Å². The van der Waals surface area contributed by atoms with Gasteiger partial charge in [-0.1, -0.05) is 48.5 Å². The van der Waals surface area contributed by atoms with Crippen LogP contribution in [0.5, 0.6) is 11.5 Å². The number of alkyl halides is 1. The molecule has 1 aliphatic heterocycles. The molecule has 216 valence electrons. The van der Waals surface area contributed by atoms with Crippen LogP contribution in [0.3, 0.4) is 0 Å². The number of amides is 3. The normalized spacial score (nSPS) is 17.9. The molecule has 0 radical (unpaired) electrons. The van der Waals surface area contributed by atoms with E-state index in [4.69, 9.17) is 4.74 Å². The number of ether oxygens (including phenoxy) is 1. The summed E-state index contributed by atoms with van der Waals surface area (Å²) in [6.45, 7) is 1.37. The van der Waals surface area contributed by atoms with E-state index in [0.717, 1.165) is 16.0 Å². The molecule has 9 nitrogen and oxygen atoms in total. The molecular formula is C31H34FN3O6. The Hall–Kier alpha value is -4.44. The van der Waals surface area contributed by atoms with Gasteiger partial charge < -0.3 is 30.5 Å². The van der Waals surface area contributed by atoms with Gasteiger partial charge in [0.15, 0.2) is 6.10 Å². The van der Waals surface area contributed by atoms with Crippen molar-refractivity contribution in [3.05, 3.63) is 95.1 Å². The number of hydrogen-bond acceptors (Lipinski definition) is 6. The average Bonchev–Trinajstić information content (AvgIpc) is 3.38. The van der Waals surface area contributed by atoms with E-state index >= 15 is 0 Å². The summed E-state index contributed by atoms with van der Waals surface area (Å²) < 4.78 is 19.8. The van der Waals surface area contributed by atoms with E-state index in [1.165, 1.54) is 25.3 Å². The maximum atomic E-state index is 14.6. The first kappa shape index (κ1) is 29.5. The van der Waals surface area contributed by atoms with Crippen LogP contribution in [-0.4, -0.2) is 70.8 Å². The largest absolute Gasteiger partial charge is 0.508 e. The van der Waals surface area contributed by atoms with E-state index in [9.17, 15) is 29.0 Å². The zero-order valence-electron chi connectivity index (χ0n) is 22.9. The number of aliphatic hydroxyl groups is 1. The van der Waals surface area contributed by atoms with Crippen LogP contribution in [0.25, 0.3) is 0 Å². The molecule has 0 saturated carbocycles. The Balaban J connectivity index is 1.51. The van der Waals surface area contributed by atoms with Gasteiger partial charge in [-0.05, 0) is 48.7 Å². The fraction of sp³-hybridized carbons (Fsp3) is 0.323. The predicted molar refractivity (Wildman–Crippen MR) is 150 cm³/mol. The van der Waals surface area contributed by atoms with Crippen molar-refractivity contribution in [3.8, 4) is 11.5 Å². The highest BCUT2D eigenvalue weighted by atomic mass is 19.1. The van der Waals surface area contributed by atoms with Gasteiger partial charge in [-0.2, -0.15) is 0 Å². The van der Waals surface area contributed by atoms with Gasteiger partial charge in [-0.3, -0.25) is 14.4 Å². The van der Waals surface area contributed by atoms with E-state index < -0.39 is 42.1 Å². The number of methoxy groups -OCH3 is 1. The minimum absolute atomic E-state index is 0.0669. The second kappa shape index (κ2) is 13.3. The molecule has 4 N–H and O–H groups in total. The lowest BCUT2D eigenvalue weighted by molar-refractivity contribution is -0.146. The summed E-state index contributed by atoms with van der Waals surface area (Å²) in [6.07, 6.45) is -3.33. The number of carbonyl (C=O) groups is 3. The molecule has 1 saturated heterocycles. The Morgan fingerprint density at radius 3 is 2.49 bits per heavy atom. The summed E-state index contributed by atoms with van der Waals surface area (Å²) in [4.78, 5) is 40.8. The number of aliphatic hydroxyl groups excluding tert-OH is 1. The highest BCUT2D eigenvalue weighted by Gasteiger charge is 2.43. The SMILES string of the molecule is COc1cccc(CNC(=O)[C@@H]2C[C@H](F)CN2C(=O)[C@@H](O)[C@H](Cc2ccccc2)NC(=O)c2cccc(O)c2C)c1. The zero-order valence-corrected chi connectivity index (χ0v) is 22.9. The summed E-state index contributed by atoms with van der Waals surface area (Å²) in [5.74, 6) is -1.45. The first-order chi connectivity index (χ1) is 19.7. The van der Waals surface area contributed by atoms with E-state index in [0.29, 0.717) is 11.3 Å². The second-order valence-corrected chi connectivity index (χ2v) is 10.1. The lowest BCUT2D eigenvalue weighted by Crippen LogP contribution is -2.55. The fourth-order valence-electron chi connectivity index (χ4n) is 4.93. The number of phenolic OH excluding ortho intramolecular Hbond substituents is 1. The minimum atomic E-state index is -1.77. The number of likely N-dealkylation sites (tertiary alicyclic amines) is 1. The molecule has 0 bridgehead atoms. The number of nitrogens with zero attached hydrogens (tertiary/aromatic N) is 1. The highest BCUT2D eigenvalue weighted by Crippen LogP contribution is 2.24. The van der Waals surface area contributed by atoms with E-state index in [1.54, 1.807) is 55.5 Å². The number of hydrogen-bond donors (Lipinski definition) is 4. The quantitative estimate of drug-likeness (QED) is 0.300. The molecule has 41 heavy (non-hydrogen) atoms. The molecule has 1 heterocycles. The van der Waals surface area contributed by atoms with Crippen molar-refractivity contribution in [3.63, 3.8) is 0 Å². The number of carbonyl (C=O) groups excluding carboxylic acids is 3. The van der Waals surface area contributed by atoms with Crippen LogP contribution < -0.4 is 15.4 Å². The maximum absolute atomic E-state index is 14.6. The Morgan fingerprint density at radius 1 is 1.05 bits per heavy atom. The molecule has 10 heteroatoms. The lowest BCUT2D eigenvalue weighted by Gasteiger charge is -2.30. The van der Waals surface area contributed by atoms with Crippen LogP contribution in [0.1, 0.15) is 33.5 Å². The van der Waals surface area contributed by atoms with Crippen molar-refractivity contribution in [1.82, 2.24) is 15.5 Å². The zero-order chi connectivity index (χ0) is 29.5. The Morgan fingerprint density at radius 2 is 1.76 bits per heavy atom. The molecule has 0 aliphatic carbocycles. The van der Waals surface area contributed by atoms with Crippen LogP contribution in [0.4, 0.5) is 4.39 Å². The predicted octanol–water partition coefficient (Wildman–Crippen LogP) is 2.67. The number of phenols is 1. The van der Waals surface area contributed by atoms with Crippen LogP contribution in [0, 0.1) is 6.92 Å². The highest BCUT2D eigenvalue weighted by molar-refractivity contribution is 5.97. The Labute approximate surface area is 237 Å². The standard InChI is InChI=1S/C31H34FN3O6/c1-19-24(12-7-13-27(19)36)29(38)34-25(15-20-8-4-3-5-9-20)28(37)31(40)35-18-22(32)16-26(35)30(39)33-17-21-10-6-11-23(14-21)41-2/h3-14,22,25-26,28,36-37H,15-18H2,1-2H3,(H,33,39)(H,34,38)/t22-,25-,26-,28-/m0/s1. The van der Waals surface area contributed by atoms with Gasteiger partial charge in [0, 0.05) is 24.1 Å². The molecule has 1 fully saturated rings. The average molecular weight is 564 g/mol. The first-order valence-corrected chi connectivity index (χ1v) is 13.3. The van der Waals surface area contributed by atoms with Gasteiger partial charge >= 0.3 is 0 Å². The van der Waals surface area contributed by atoms with Crippen molar-refractivity contribution in [2.45, 2.75) is 50.7 Å². The number of benzene rings is 3. The van der Waals surface area contributed by atoms with Crippen LogP contribution in [-0.2, 0) is 22.6 Å². The van der Waals surface area contributed by atoms with Crippen LogP contribution in [0.2, 0.25) is 0 Å². The van der Waals surface area contributed by atoms with Crippen molar-refractivity contribution >= 4 is 17.7 Å².